The van der Waals surface area contributed by atoms with Gasteiger partial charge >= 0.3 is 0 Å². The van der Waals surface area contributed by atoms with E-state index in [1.165, 1.54) is 25.1 Å². The smallest absolute Gasteiger partial charge is 0.246 e. The fourth-order valence-corrected chi connectivity index (χ4v) is 3.75. The van der Waals surface area contributed by atoms with E-state index in [2.05, 4.69) is 10.2 Å². The van der Waals surface area contributed by atoms with Crippen LogP contribution in [-0.4, -0.2) is 47.3 Å². The Hall–Kier alpha value is -2.41. The van der Waals surface area contributed by atoms with Crippen molar-refractivity contribution < 1.29 is 14.0 Å². The highest BCUT2D eigenvalue weighted by Gasteiger charge is 2.26. The summed E-state index contributed by atoms with van der Waals surface area (Å²) >= 11 is 6.01. The molecule has 1 heterocycles. The van der Waals surface area contributed by atoms with Crippen LogP contribution in [0.5, 0.6) is 0 Å². The van der Waals surface area contributed by atoms with E-state index in [-0.39, 0.29) is 36.1 Å². The number of carbonyl (C=O) groups excluding carboxylic acids is 2. The summed E-state index contributed by atoms with van der Waals surface area (Å²) in [6, 6.07) is 11.7. The number of amides is 2. The predicted molar refractivity (Wildman–Crippen MR) is 125 cm³/mol. The van der Waals surface area contributed by atoms with Crippen LogP contribution in [0.15, 0.2) is 48.5 Å². The summed E-state index contributed by atoms with van der Waals surface area (Å²) in [6.07, 6.45) is 3.22. The summed E-state index contributed by atoms with van der Waals surface area (Å²) in [6.45, 7) is 6.28. The lowest BCUT2D eigenvalue weighted by atomic mass is 10.1. The molecule has 1 aliphatic rings. The average molecular weight is 466 g/mol. The summed E-state index contributed by atoms with van der Waals surface area (Å²) in [5.41, 5.74) is 2.33. The minimum absolute atomic E-state index is 0. The van der Waals surface area contributed by atoms with E-state index in [1.807, 2.05) is 11.8 Å². The van der Waals surface area contributed by atoms with Crippen LogP contribution in [0.25, 0.3) is 6.08 Å². The molecule has 2 amide bonds. The van der Waals surface area contributed by atoms with Gasteiger partial charge in [0.15, 0.2) is 0 Å². The predicted octanol–water partition coefficient (Wildman–Crippen LogP) is 4.61. The van der Waals surface area contributed by atoms with Crippen LogP contribution >= 0.6 is 24.0 Å². The lowest BCUT2D eigenvalue weighted by Gasteiger charge is -2.39. The molecule has 0 spiro atoms. The molecule has 1 fully saturated rings. The van der Waals surface area contributed by atoms with Gasteiger partial charge in [-0.1, -0.05) is 29.8 Å². The summed E-state index contributed by atoms with van der Waals surface area (Å²) in [7, 11) is 0. The van der Waals surface area contributed by atoms with Crippen molar-refractivity contribution in [3.05, 3.63) is 70.5 Å². The van der Waals surface area contributed by atoms with E-state index in [1.54, 1.807) is 36.4 Å². The van der Waals surface area contributed by atoms with Crippen LogP contribution in [-0.2, 0) is 16.1 Å². The molecule has 0 aromatic heterocycles. The number of anilines is 1. The SMILES string of the molecule is CC(=O)Nc1cc(Cl)ccc1/C=C/C(=O)N1CCN(Cc2ccc(F)cc2)C[C@H]1C.Cl. The van der Waals surface area contributed by atoms with Gasteiger partial charge in [-0.3, -0.25) is 14.5 Å². The van der Waals surface area contributed by atoms with Gasteiger partial charge in [0.25, 0.3) is 0 Å². The number of hydrogen-bond donors (Lipinski definition) is 1. The zero-order chi connectivity index (χ0) is 21.7. The van der Waals surface area contributed by atoms with Gasteiger partial charge < -0.3 is 10.2 Å². The molecule has 0 radical (unpaired) electrons. The summed E-state index contributed by atoms with van der Waals surface area (Å²) in [5, 5.41) is 3.24. The zero-order valence-corrected chi connectivity index (χ0v) is 19.0. The Balaban J connectivity index is 0.00000341. The minimum atomic E-state index is -0.239. The molecular formula is C23H26Cl2FN3O2. The Morgan fingerprint density at radius 2 is 1.90 bits per heavy atom. The standard InChI is InChI=1S/C23H25ClFN3O2.ClH/c1-16-14-27(15-18-3-8-21(25)9-4-18)11-12-28(16)23(30)10-6-19-5-7-20(24)13-22(19)26-17(2)29;/h3-10,13,16H,11-12,14-15H2,1-2H3,(H,26,29);1H/b10-6+;/t16-;/m1./s1. The molecule has 0 bridgehead atoms. The number of halogens is 3. The maximum absolute atomic E-state index is 13.1. The zero-order valence-electron chi connectivity index (χ0n) is 17.5. The van der Waals surface area contributed by atoms with E-state index in [0.29, 0.717) is 22.8 Å². The highest BCUT2D eigenvalue weighted by atomic mass is 35.5. The first kappa shape index (κ1) is 24.9. The second kappa shape index (κ2) is 11.3. The first-order chi connectivity index (χ1) is 14.3. The van der Waals surface area contributed by atoms with Crippen LogP contribution < -0.4 is 5.32 Å². The number of nitrogens with one attached hydrogen (secondary N) is 1. The third-order valence-electron chi connectivity index (χ3n) is 5.05. The molecule has 166 valence electrons. The first-order valence-electron chi connectivity index (χ1n) is 9.84. The van der Waals surface area contributed by atoms with Crippen molar-refractivity contribution in [3.63, 3.8) is 0 Å². The van der Waals surface area contributed by atoms with Crippen LogP contribution in [0.3, 0.4) is 0 Å². The maximum Gasteiger partial charge on any atom is 0.246 e. The van der Waals surface area contributed by atoms with Crippen molar-refractivity contribution in [1.29, 1.82) is 0 Å². The molecule has 0 aliphatic carbocycles. The second-order valence-corrected chi connectivity index (χ2v) is 7.92. The van der Waals surface area contributed by atoms with Gasteiger partial charge in [0.05, 0.1) is 0 Å². The molecule has 1 saturated heterocycles. The molecule has 2 aromatic rings. The molecule has 5 nitrogen and oxygen atoms in total. The molecule has 0 saturated carbocycles. The largest absolute Gasteiger partial charge is 0.334 e. The highest BCUT2D eigenvalue weighted by molar-refractivity contribution is 6.31. The van der Waals surface area contributed by atoms with Gasteiger partial charge in [0.1, 0.15) is 5.82 Å². The van der Waals surface area contributed by atoms with E-state index in [9.17, 15) is 14.0 Å². The van der Waals surface area contributed by atoms with Crippen LogP contribution in [0.1, 0.15) is 25.0 Å². The lowest BCUT2D eigenvalue weighted by Crippen LogP contribution is -2.53. The van der Waals surface area contributed by atoms with E-state index in [4.69, 9.17) is 11.6 Å². The number of hydrogen-bond acceptors (Lipinski definition) is 3. The van der Waals surface area contributed by atoms with Gasteiger partial charge in [-0.25, -0.2) is 4.39 Å². The van der Waals surface area contributed by atoms with Crippen molar-refractivity contribution in [3.8, 4) is 0 Å². The highest BCUT2D eigenvalue weighted by Crippen LogP contribution is 2.23. The fourth-order valence-electron chi connectivity index (χ4n) is 3.58. The summed E-state index contributed by atoms with van der Waals surface area (Å²) in [5.74, 6) is -0.520. The van der Waals surface area contributed by atoms with Crippen molar-refractivity contribution in [2.75, 3.05) is 25.0 Å². The fraction of sp³-hybridized carbons (Fsp3) is 0.304. The maximum atomic E-state index is 13.1. The van der Waals surface area contributed by atoms with E-state index < -0.39 is 0 Å². The lowest BCUT2D eigenvalue weighted by molar-refractivity contribution is -0.130. The number of carbonyl (C=O) groups is 2. The van der Waals surface area contributed by atoms with Crippen molar-refractivity contribution >= 4 is 47.6 Å². The first-order valence-corrected chi connectivity index (χ1v) is 10.2. The molecule has 1 atom stereocenters. The van der Waals surface area contributed by atoms with E-state index >= 15 is 0 Å². The Morgan fingerprint density at radius 1 is 1.19 bits per heavy atom. The minimum Gasteiger partial charge on any atom is -0.334 e. The summed E-state index contributed by atoms with van der Waals surface area (Å²) < 4.78 is 13.1. The molecule has 0 unspecified atom stereocenters. The van der Waals surface area contributed by atoms with Crippen molar-refractivity contribution in [1.82, 2.24) is 9.80 Å². The number of nitrogens with zero attached hydrogens (tertiary/aromatic N) is 2. The Labute approximate surface area is 193 Å². The van der Waals surface area contributed by atoms with Crippen molar-refractivity contribution in [2.45, 2.75) is 26.4 Å². The second-order valence-electron chi connectivity index (χ2n) is 7.49. The monoisotopic (exact) mass is 465 g/mol. The quantitative estimate of drug-likeness (QED) is 0.656. The van der Waals surface area contributed by atoms with Gasteiger partial charge in [-0.05, 0) is 48.4 Å². The topological polar surface area (TPSA) is 52.7 Å². The molecule has 1 N–H and O–H groups in total. The average Bonchev–Trinajstić information content (AvgIpc) is 2.68. The Bertz CT molecular complexity index is 950. The van der Waals surface area contributed by atoms with Crippen LogP contribution in [0, 0.1) is 5.82 Å². The van der Waals surface area contributed by atoms with Gasteiger partial charge in [-0.2, -0.15) is 0 Å². The summed E-state index contributed by atoms with van der Waals surface area (Å²) in [4.78, 5) is 28.3. The van der Waals surface area contributed by atoms with Gasteiger partial charge in [0, 0.05) is 55.9 Å². The normalized spacial score (nSPS) is 16.8. The molecule has 8 heteroatoms. The Morgan fingerprint density at radius 3 is 2.55 bits per heavy atom. The molecule has 3 rings (SSSR count). The van der Waals surface area contributed by atoms with Crippen LogP contribution in [0.4, 0.5) is 10.1 Å². The van der Waals surface area contributed by atoms with Gasteiger partial charge in [-0.15, -0.1) is 12.4 Å². The van der Waals surface area contributed by atoms with Crippen molar-refractivity contribution in [2.24, 2.45) is 0 Å². The number of rotatable bonds is 5. The van der Waals surface area contributed by atoms with Crippen LogP contribution in [0.2, 0.25) is 5.02 Å². The Kier molecular flexibility index (Phi) is 9.04. The molecule has 2 aromatic carbocycles. The van der Waals surface area contributed by atoms with Gasteiger partial charge in [0.2, 0.25) is 11.8 Å². The number of piperazine rings is 1. The third kappa shape index (κ3) is 7.06. The number of benzene rings is 2. The molecule has 1 aliphatic heterocycles. The molecule has 31 heavy (non-hydrogen) atoms. The third-order valence-corrected chi connectivity index (χ3v) is 5.28. The van der Waals surface area contributed by atoms with E-state index in [0.717, 1.165) is 25.2 Å². The molecular weight excluding hydrogens is 440 g/mol.